The SMILES string of the molecule is Cc1cc2c(NCc3ccc(Cl)c(Cl)c3)nc(-c3cnccn3)nc2s1. The summed E-state index contributed by atoms with van der Waals surface area (Å²) in [5.41, 5.74) is 1.65. The van der Waals surface area contributed by atoms with Crippen LogP contribution in [0.1, 0.15) is 10.4 Å². The number of rotatable bonds is 4. The average Bonchev–Trinajstić information content (AvgIpc) is 3.03. The van der Waals surface area contributed by atoms with E-state index in [1.807, 2.05) is 12.1 Å². The van der Waals surface area contributed by atoms with Gasteiger partial charge in [-0.2, -0.15) is 0 Å². The van der Waals surface area contributed by atoms with E-state index in [2.05, 4.69) is 38.2 Å². The van der Waals surface area contributed by atoms with E-state index in [1.165, 1.54) is 4.88 Å². The second-order valence-electron chi connectivity index (χ2n) is 5.66. The number of aryl methyl sites for hydroxylation is 1. The van der Waals surface area contributed by atoms with Gasteiger partial charge in [-0.05, 0) is 30.7 Å². The lowest BCUT2D eigenvalue weighted by molar-refractivity contribution is 1.09. The molecule has 3 aromatic heterocycles. The summed E-state index contributed by atoms with van der Waals surface area (Å²) in [6.07, 6.45) is 4.91. The van der Waals surface area contributed by atoms with Gasteiger partial charge in [0.2, 0.25) is 0 Å². The Kier molecular flexibility index (Phi) is 4.72. The largest absolute Gasteiger partial charge is 0.365 e. The molecule has 0 saturated heterocycles. The van der Waals surface area contributed by atoms with Crippen LogP contribution in [0.4, 0.5) is 5.82 Å². The van der Waals surface area contributed by atoms with Crippen LogP contribution in [0, 0.1) is 6.92 Å². The molecule has 0 aliphatic heterocycles. The molecule has 0 fully saturated rings. The summed E-state index contributed by atoms with van der Waals surface area (Å²) in [5, 5.41) is 5.44. The summed E-state index contributed by atoms with van der Waals surface area (Å²) in [5.74, 6) is 1.30. The predicted octanol–water partition coefficient (Wildman–Crippen LogP) is 5.38. The highest BCUT2D eigenvalue weighted by atomic mass is 35.5. The summed E-state index contributed by atoms with van der Waals surface area (Å²) in [6.45, 7) is 2.62. The zero-order valence-electron chi connectivity index (χ0n) is 13.7. The Bertz CT molecular complexity index is 1080. The van der Waals surface area contributed by atoms with Crippen LogP contribution in [0.5, 0.6) is 0 Å². The molecule has 130 valence electrons. The first-order valence-corrected chi connectivity index (χ1v) is 9.40. The number of thiophene rings is 1. The van der Waals surface area contributed by atoms with Gasteiger partial charge in [0.05, 0.1) is 21.6 Å². The monoisotopic (exact) mass is 401 g/mol. The van der Waals surface area contributed by atoms with Gasteiger partial charge in [-0.15, -0.1) is 11.3 Å². The number of aromatic nitrogens is 4. The Balaban J connectivity index is 1.71. The maximum Gasteiger partial charge on any atom is 0.183 e. The number of benzene rings is 1. The first kappa shape index (κ1) is 17.1. The van der Waals surface area contributed by atoms with Crippen LogP contribution in [0.25, 0.3) is 21.7 Å². The number of anilines is 1. The minimum Gasteiger partial charge on any atom is -0.365 e. The van der Waals surface area contributed by atoms with Crippen molar-refractivity contribution in [1.82, 2.24) is 19.9 Å². The first-order chi connectivity index (χ1) is 12.6. The van der Waals surface area contributed by atoms with Crippen molar-refractivity contribution in [1.29, 1.82) is 0 Å². The Hall–Kier alpha value is -2.28. The van der Waals surface area contributed by atoms with Gasteiger partial charge in [0.15, 0.2) is 5.82 Å². The highest BCUT2D eigenvalue weighted by Gasteiger charge is 2.13. The van der Waals surface area contributed by atoms with Crippen molar-refractivity contribution in [2.75, 3.05) is 5.32 Å². The third-order valence-electron chi connectivity index (χ3n) is 3.75. The molecule has 3 heterocycles. The quantitative estimate of drug-likeness (QED) is 0.497. The van der Waals surface area contributed by atoms with Gasteiger partial charge in [0.1, 0.15) is 16.3 Å². The minimum atomic E-state index is 0.533. The standard InChI is InChI=1S/C18H13Cl2N5S/c1-10-6-12-16(23-8-11-2-3-13(19)14(20)7-11)24-17(25-18(12)26-10)15-9-21-4-5-22-15/h2-7,9H,8H2,1H3,(H,23,24,25). The Morgan fingerprint density at radius 3 is 2.73 bits per heavy atom. The van der Waals surface area contributed by atoms with Crippen LogP contribution in [0.2, 0.25) is 10.0 Å². The second-order valence-corrected chi connectivity index (χ2v) is 7.71. The molecule has 4 aromatic rings. The first-order valence-electron chi connectivity index (χ1n) is 7.82. The molecule has 0 radical (unpaired) electrons. The van der Waals surface area contributed by atoms with Crippen molar-refractivity contribution in [3.8, 4) is 11.5 Å². The number of fused-ring (bicyclic) bond motifs is 1. The average molecular weight is 402 g/mol. The minimum absolute atomic E-state index is 0.533. The number of hydrogen-bond acceptors (Lipinski definition) is 6. The number of nitrogens with one attached hydrogen (secondary N) is 1. The van der Waals surface area contributed by atoms with Gasteiger partial charge in [0, 0.05) is 23.8 Å². The lowest BCUT2D eigenvalue weighted by Gasteiger charge is -2.09. The smallest absolute Gasteiger partial charge is 0.183 e. The molecule has 0 aliphatic rings. The van der Waals surface area contributed by atoms with E-state index in [0.29, 0.717) is 28.1 Å². The van der Waals surface area contributed by atoms with E-state index in [-0.39, 0.29) is 0 Å². The van der Waals surface area contributed by atoms with Gasteiger partial charge in [-0.25, -0.2) is 15.0 Å². The van der Waals surface area contributed by atoms with Gasteiger partial charge in [0.25, 0.3) is 0 Å². The molecule has 8 heteroatoms. The van der Waals surface area contributed by atoms with Crippen LogP contribution in [-0.2, 0) is 6.54 Å². The number of halogens is 2. The van der Waals surface area contributed by atoms with Gasteiger partial charge < -0.3 is 5.32 Å². The van der Waals surface area contributed by atoms with Crippen LogP contribution in [-0.4, -0.2) is 19.9 Å². The van der Waals surface area contributed by atoms with Crippen LogP contribution < -0.4 is 5.32 Å². The molecule has 5 nitrogen and oxygen atoms in total. The maximum absolute atomic E-state index is 6.10. The van der Waals surface area contributed by atoms with Gasteiger partial charge in [-0.3, -0.25) is 4.98 Å². The van der Waals surface area contributed by atoms with E-state index in [0.717, 1.165) is 21.6 Å². The predicted molar refractivity (Wildman–Crippen MR) is 107 cm³/mol. The molecule has 0 aliphatic carbocycles. The van der Waals surface area contributed by atoms with E-state index < -0.39 is 0 Å². The summed E-state index contributed by atoms with van der Waals surface area (Å²) in [6, 6.07) is 7.65. The van der Waals surface area contributed by atoms with Crippen LogP contribution in [0.15, 0.2) is 42.9 Å². The highest BCUT2D eigenvalue weighted by molar-refractivity contribution is 7.18. The zero-order valence-corrected chi connectivity index (χ0v) is 16.0. The lowest BCUT2D eigenvalue weighted by Crippen LogP contribution is -2.04. The Labute approximate surface area is 164 Å². The summed E-state index contributed by atoms with van der Waals surface area (Å²) in [7, 11) is 0. The van der Waals surface area contributed by atoms with E-state index in [4.69, 9.17) is 23.2 Å². The zero-order chi connectivity index (χ0) is 18.1. The molecule has 1 aromatic carbocycles. The van der Waals surface area contributed by atoms with E-state index in [9.17, 15) is 0 Å². The Morgan fingerprint density at radius 1 is 1.08 bits per heavy atom. The normalized spacial score (nSPS) is 11.0. The van der Waals surface area contributed by atoms with E-state index >= 15 is 0 Å². The maximum atomic E-state index is 6.10. The number of hydrogen-bond donors (Lipinski definition) is 1. The summed E-state index contributed by atoms with van der Waals surface area (Å²) >= 11 is 13.7. The molecule has 26 heavy (non-hydrogen) atoms. The highest BCUT2D eigenvalue weighted by Crippen LogP contribution is 2.31. The van der Waals surface area contributed by atoms with Crippen molar-refractivity contribution >= 4 is 50.6 Å². The third-order valence-corrected chi connectivity index (χ3v) is 5.44. The molecular weight excluding hydrogens is 389 g/mol. The van der Waals surface area contributed by atoms with Crippen molar-refractivity contribution in [3.63, 3.8) is 0 Å². The van der Waals surface area contributed by atoms with E-state index in [1.54, 1.807) is 36.0 Å². The molecule has 0 amide bonds. The van der Waals surface area contributed by atoms with Crippen LogP contribution in [0.3, 0.4) is 0 Å². The molecule has 0 bridgehead atoms. The molecule has 0 spiro atoms. The Morgan fingerprint density at radius 2 is 1.96 bits per heavy atom. The van der Waals surface area contributed by atoms with Gasteiger partial charge >= 0.3 is 0 Å². The van der Waals surface area contributed by atoms with Crippen molar-refractivity contribution in [2.45, 2.75) is 13.5 Å². The molecule has 4 rings (SSSR count). The molecule has 0 atom stereocenters. The topological polar surface area (TPSA) is 63.6 Å². The molecule has 1 N–H and O–H groups in total. The fourth-order valence-corrected chi connectivity index (χ4v) is 3.74. The molecular formula is C18H13Cl2N5S. The number of nitrogens with zero attached hydrogens (tertiary/aromatic N) is 4. The van der Waals surface area contributed by atoms with Crippen molar-refractivity contribution in [2.24, 2.45) is 0 Å². The van der Waals surface area contributed by atoms with Gasteiger partial charge in [-0.1, -0.05) is 29.3 Å². The fraction of sp³-hybridized carbons (Fsp3) is 0.111. The summed E-state index contributed by atoms with van der Waals surface area (Å²) < 4.78 is 0. The lowest BCUT2D eigenvalue weighted by atomic mass is 10.2. The second kappa shape index (κ2) is 7.15. The molecule has 0 saturated carbocycles. The third kappa shape index (κ3) is 3.49. The molecule has 0 unspecified atom stereocenters. The van der Waals surface area contributed by atoms with Crippen LogP contribution >= 0.6 is 34.5 Å². The summed E-state index contributed by atoms with van der Waals surface area (Å²) in [4.78, 5) is 19.8. The van der Waals surface area contributed by atoms with Crippen molar-refractivity contribution < 1.29 is 0 Å². The fourth-order valence-electron chi connectivity index (χ4n) is 2.54. The van der Waals surface area contributed by atoms with Crippen molar-refractivity contribution in [3.05, 3.63) is 63.3 Å².